The molecule has 2 heterocycles. The maximum atomic E-state index is 6.44. The lowest BCUT2D eigenvalue weighted by molar-refractivity contribution is 0.488. The summed E-state index contributed by atoms with van der Waals surface area (Å²) in [5, 5.41) is 1.22. The van der Waals surface area contributed by atoms with Crippen LogP contribution in [-0.4, -0.2) is 4.57 Å². The topological polar surface area (TPSA) is 14.2 Å². The molecule has 1 aromatic heterocycles. The lowest BCUT2D eigenvalue weighted by Crippen LogP contribution is -1.97. The number of hydrogen-bond acceptors (Lipinski definition) is 1. The van der Waals surface area contributed by atoms with E-state index in [9.17, 15) is 0 Å². The van der Waals surface area contributed by atoms with Crippen molar-refractivity contribution in [2.45, 2.75) is 0 Å². The van der Waals surface area contributed by atoms with E-state index >= 15 is 0 Å². The third kappa shape index (κ3) is 2.89. The monoisotopic (exact) mass is 435 g/mol. The third-order valence-corrected chi connectivity index (χ3v) is 6.61. The van der Waals surface area contributed by atoms with Crippen LogP contribution in [0, 0.1) is 0 Å². The molecule has 0 aliphatic carbocycles. The molecule has 2 heteroatoms. The Morgan fingerprint density at radius 2 is 1.12 bits per heavy atom. The highest BCUT2D eigenvalue weighted by Crippen LogP contribution is 2.47. The van der Waals surface area contributed by atoms with Crippen molar-refractivity contribution >= 4 is 10.9 Å². The van der Waals surface area contributed by atoms with Gasteiger partial charge in [0.2, 0.25) is 0 Å². The van der Waals surface area contributed by atoms with Crippen molar-refractivity contribution < 1.29 is 4.74 Å². The van der Waals surface area contributed by atoms with Gasteiger partial charge in [-0.25, -0.2) is 0 Å². The molecule has 160 valence electrons. The van der Waals surface area contributed by atoms with Gasteiger partial charge >= 0.3 is 0 Å². The zero-order valence-electron chi connectivity index (χ0n) is 18.5. The van der Waals surface area contributed by atoms with Crippen molar-refractivity contribution in [1.82, 2.24) is 4.57 Å². The predicted octanol–water partition coefficient (Wildman–Crippen LogP) is 8.74. The Labute approximate surface area is 198 Å². The van der Waals surface area contributed by atoms with Crippen LogP contribution in [-0.2, 0) is 0 Å². The van der Waals surface area contributed by atoms with Crippen molar-refractivity contribution in [2.24, 2.45) is 0 Å². The molecule has 0 N–H and O–H groups in total. The molecule has 0 spiro atoms. The van der Waals surface area contributed by atoms with Gasteiger partial charge in [0, 0.05) is 22.2 Å². The minimum Gasteiger partial charge on any atom is -0.456 e. The number of rotatable bonds is 2. The van der Waals surface area contributed by atoms with Crippen molar-refractivity contribution in [1.29, 1.82) is 0 Å². The largest absolute Gasteiger partial charge is 0.456 e. The number of para-hydroxylation sites is 3. The molecule has 0 amide bonds. The van der Waals surface area contributed by atoms with E-state index in [1.165, 1.54) is 22.0 Å². The Morgan fingerprint density at radius 1 is 0.471 bits per heavy atom. The van der Waals surface area contributed by atoms with E-state index in [-0.39, 0.29) is 0 Å². The molecule has 0 saturated heterocycles. The summed E-state index contributed by atoms with van der Waals surface area (Å²) >= 11 is 0. The maximum absolute atomic E-state index is 6.44. The molecular weight excluding hydrogens is 414 g/mol. The van der Waals surface area contributed by atoms with Gasteiger partial charge in [-0.3, -0.25) is 0 Å². The third-order valence-electron chi connectivity index (χ3n) is 6.61. The first-order chi connectivity index (χ1) is 16.9. The molecule has 0 unspecified atom stereocenters. The summed E-state index contributed by atoms with van der Waals surface area (Å²) in [6.07, 6.45) is 0. The summed E-state index contributed by atoms with van der Waals surface area (Å²) in [6, 6.07) is 44.8. The lowest BCUT2D eigenvalue weighted by atomic mass is 9.93. The molecule has 6 aromatic rings. The number of nitrogens with zero attached hydrogens (tertiary/aromatic N) is 1. The lowest BCUT2D eigenvalue weighted by Gasteiger charge is -2.14. The fraction of sp³-hybridized carbons (Fsp3) is 0. The van der Waals surface area contributed by atoms with Crippen molar-refractivity contribution in [3.05, 3.63) is 127 Å². The predicted molar refractivity (Wildman–Crippen MR) is 140 cm³/mol. The van der Waals surface area contributed by atoms with Crippen LogP contribution in [0.1, 0.15) is 0 Å². The highest BCUT2D eigenvalue weighted by atomic mass is 16.5. The average molecular weight is 436 g/mol. The second kappa shape index (κ2) is 7.50. The van der Waals surface area contributed by atoms with Gasteiger partial charge in [-0.2, -0.15) is 0 Å². The van der Waals surface area contributed by atoms with Crippen LogP contribution in [0.2, 0.25) is 0 Å². The molecule has 0 bridgehead atoms. The molecule has 0 saturated carbocycles. The highest BCUT2D eigenvalue weighted by Gasteiger charge is 2.21. The van der Waals surface area contributed by atoms with Crippen LogP contribution >= 0.6 is 0 Å². The SMILES string of the molecule is c1ccc(-n2c(-c3ccc4c(c3)-c3ccccc3-c3ccccc3O4)cc3ccccc32)cc1. The van der Waals surface area contributed by atoms with Crippen LogP contribution in [0.3, 0.4) is 0 Å². The molecule has 5 aromatic carbocycles. The molecule has 1 aliphatic heterocycles. The smallest absolute Gasteiger partial charge is 0.135 e. The maximum Gasteiger partial charge on any atom is 0.135 e. The summed E-state index contributed by atoms with van der Waals surface area (Å²) in [5.74, 6) is 1.77. The van der Waals surface area contributed by atoms with E-state index in [1.807, 2.05) is 12.1 Å². The Kier molecular flexibility index (Phi) is 4.18. The molecule has 0 fully saturated rings. The van der Waals surface area contributed by atoms with Gasteiger partial charge in [-0.05, 0) is 65.2 Å². The molecule has 7 rings (SSSR count). The van der Waals surface area contributed by atoms with Gasteiger partial charge in [0.1, 0.15) is 11.5 Å². The van der Waals surface area contributed by atoms with Crippen molar-refractivity contribution in [3.8, 4) is 50.7 Å². The van der Waals surface area contributed by atoms with Gasteiger partial charge in [-0.15, -0.1) is 0 Å². The summed E-state index contributed by atoms with van der Waals surface area (Å²) in [6.45, 7) is 0. The summed E-state index contributed by atoms with van der Waals surface area (Å²) in [7, 11) is 0. The van der Waals surface area contributed by atoms with Crippen LogP contribution < -0.4 is 4.74 Å². The molecule has 0 radical (unpaired) electrons. The minimum absolute atomic E-state index is 0.878. The summed E-state index contributed by atoms with van der Waals surface area (Å²) in [4.78, 5) is 0. The Hall–Kier alpha value is -4.56. The van der Waals surface area contributed by atoms with E-state index in [4.69, 9.17) is 4.74 Å². The highest BCUT2D eigenvalue weighted by molar-refractivity contribution is 5.94. The molecular formula is C32H21NO. The average Bonchev–Trinajstić information content (AvgIpc) is 3.23. The van der Waals surface area contributed by atoms with Crippen LogP contribution in [0.15, 0.2) is 127 Å². The van der Waals surface area contributed by atoms with Gasteiger partial charge in [0.15, 0.2) is 0 Å². The summed E-state index contributed by atoms with van der Waals surface area (Å²) < 4.78 is 8.79. The Bertz CT molecular complexity index is 1680. The van der Waals surface area contributed by atoms with Crippen LogP contribution in [0.25, 0.3) is 50.1 Å². The quantitative estimate of drug-likeness (QED) is 0.265. The van der Waals surface area contributed by atoms with Gasteiger partial charge < -0.3 is 9.30 Å². The van der Waals surface area contributed by atoms with E-state index < -0.39 is 0 Å². The first-order valence-electron chi connectivity index (χ1n) is 11.5. The second-order valence-corrected chi connectivity index (χ2v) is 8.61. The zero-order chi connectivity index (χ0) is 22.5. The molecule has 0 atom stereocenters. The zero-order valence-corrected chi connectivity index (χ0v) is 18.5. The molecule has 1 aliphatic rings. The number of fused-ring (bicyclic) bond motifs is 6. The number of hydrogen-bond donors (Lipinski definition) is 0. The Morgan fingerprint density at radius 3 is 1.97 bits per heavy atom. The first kappa shape index (κ1) is 19.0. The standard InChI is InChI=1S/C32H21NO/c1-2-11-24(12-3-1)33-29-16-8-4-10-22(29)21-30(33)23-18-19-32-28(20-23)26-14-6-5-13-25(26)27-15-7-9-17-31(27)34-32/h1-21H. The van der Waals surface area contributed by atoms with Crippen LogP contribution in [0.4, 0.5) is 0 Å². The van der Waals surface area contributed by atoms with Crippen molar-refractivity contribution in [3.63, 3.8) is 0 Å². The van der Waals surface area contributed by atoms with E-state index in [0.29, 0.717) is 0 Å². The van der Waals surface area contributed by atoms with Gasteiger partial charge in [0.05, 0.1) is 11.2 Å². The number of ether oxygens (including phenoxy) is 1. The van der Waals surface area contributed by atoms with E-state index in [0.717, 1.165) is 39.6 Å². The molecule has 34 heavy (non-hydrogen) atoms. The number of benzene rings is 5. The fourth-order valence-corrected chi connectivity index (χ4v) is 5.06. The van der Waals surface area contributed by atoms with Gasteiger partial charge in [0.25, 0.3) is 0 Å². The summed E-state index contributed by atoms with van der Waals surface area (Å²) in [5.41, 5.74) is 9.27. The number of aromatic nitrogens is 1. The van der Waals surface area contributed by atoms with Crippen molar-refractivity contribution in [2.75, 3.05) is 0 Å². The van der Waals surface area contributed by atoms with E-state index in [2.05, 4.69) is 120 Å². The van der Waals surface area contributed by atoms with Gasteiger partial charge in [-0.1, -0.05) is 78.9 Å². The van der Waals surface area contributed by atoms with Crippen LogP contribution in [0.5, 0.6) is 11.5 Å². The second-order valence-electron chi connectivity index (χ2n) is 8.61. The first-order valence-corrected chi connectivity index (χ1v) is 11.5. The Balaban J connectivity index is 1.49. The fourth-order valence-electron chi connectivity index (χ4n) is 5.06. The minimum atomic E-state index is 0.878. The normalized spacial score (nSPS) is 11.8. The van der Waals surface area contributed by atoms with E-state index in [1.54, 1.807) is 0 Å². The molecule has 2 nitrogen and oxygen atoms in total.